The summed E-state index contributed by atoms with van der Waals surface area (Å²) in [4.78, 5) is 26.5. The van der Waals surface area contributed by atoms with Crippen molar-refractivity contribution >= 4 is 22.6 Å². The number of primary amides is 1. The zero-order valence-electron chi connectivity index (χ0n) is 21.1. The Morgan fingerprint density at radius 1 is 1.21 bits per heavy atom. The molecule has 7 nitrogen and oxygen atoms in total. The number of likely N-dealkylation sites (N-methyl/N-ethyl adjacent to an activating group) is 2. The zero-order chi connectivity index (χ0) is 24.0. The van der Waals surface area contributed by atoms with Gasteiger partial charge in [-0.2, -0.15) is 0 Å². The molecule has 0 radical (unpaired) electrons. The van der Waals surface area contributed by atoms with Gasteiger partial charge in [0.2, 0.25) is 5.91 Å². The van der Waals surface area contributed by atoms with Crippen LogP contribution in [0.2, 0.25) is 0 Å². The molecule has 0 saturated heterocycles. The number of carbonyl (C=O) groups is 1. The number of hydrogen-bond acceptors (Lipinski definition) is 6. The first-order valence-electron chi connectivity index (χ1n) is 12.5. The monoisotopic (exact) mass is 454 g/mol. The molecule has 1 aliphatic carbocycles. The molecule has 1 aromatic heterocycles. The molecule has 1 heterocycles. The second kappa shape index (κ2) is 11.7. The van der Waals surface area contributed by atoms with Gasteiger partial charge in [-0.05, 0) is 50.4 Å². The fraction of sp³-hybridized carbons (Fsp3) is 0.654. The predicted molar refractivity (Wildman–Crippen MR) is 136 cm³/mol. The normalized spacial score (nSPS) is 20.0. The highest BCUT2D eigenvalue weighted by Gasteiger charge is 2.24. The molecule has 3 rings (SSSR count). The number of nitrogens with one attached hydrogen (secondary N) is 1. The molecule has 1 aromatic carbocycles. The Bertz CT molecular complexity index is 917. The van der Waals surface area contributed by atoms with E-state index < -0.39 is 6.04 Å². The van der Waals surface area contributed by atoms with Gasteiger partial charge in [-0.15, -0.1) is 0 Å². The van der Waals surface area contributed by atoms with Gasteiger partial charge >= 0.3 is 0 Å². The summed E-state index contributed by atoms with van der Waals surface area (Å²) in [5.74, 6) is 1.95. The van der Waals surface area contributed by atoms with Gasteiger partial charge in [-0.25, -0.2) is 9.97 Å². The summed E-state index contributed by atoms with van der Waals surface area (Å²) >= 11 is 0. The molecule has 2 unspecified atom stereocenters. The molecule has 0 spiro atoms. The minimum Gasteiger partial charge on any atom is -0.368 e. The number of benzene rings is 1. The number of nitrogens with zero attached hydrogens (tertiary/aromatic N) is 4. The highest BCUT2D eigenvalue weighted by molar-refractivity contribution is 5.91. The van der Waals surface area contributed by atoms with Crippen LogP contribution in [0.1, 0.15) is 59.2 Å². The van der Waals surface area contributed by atoms with Gasteiger partial charge in [-0.1, -0.05) is 52.7 Å². The molecule has 1 fully saturated rings. The van der Waals surface area contributed by atoms with Crippen molar-refractivity contribution in [1.29, 1.82) is 0 Å². The van der Waals surface area contributed by atoms with E-state index in [1.165, 1.54) is 25.7 Å². The summed E-state index contributed by atoms with van der Waals surface area (Å²) in [6.45, 7) is 12.4. The van der Waals surface area contributed by atoms with Crippen molar-refractivity contribution in [1.82, 2.24) is 19.8 Å². The Morgan fingerprint density at radius 2 is 1.97 bits per heavy atom. The van der Waals surface area contributed by atoms with Crippen LogP contribution < -0.4 is 11.1 Å². The molecule has 3 atom stereocenters. The van der Waals surface area contributed by atoms with Crippen LogP contribution in [-0.2, 0) is 11.3 Å². The zero-order valence-corrected chi connectivity index (χ0v) is 21.1. The lowest BCUT2D eigenvalue weighted by atomic mass is 9.86. The van der Waals surface area contributed by atoms with E-state index in [-0.39, 0.29) is 11.8 Å². The van der Waals surface area contributed by atoms with Crippen molar-refractivity contribution in [2.24, 2.45) is 17.6 Å². The van der Waals surface area contributed by atoms with Crippen molar-refractivity contribution in [2.75, 3.05) is 32.0 Å². The van der Waals surface area contributed by atoms with E-state index in [0.717, 1.165) is 42.3 Å². The van der Waals surface area contributed by atoms with Crippen LogP contribution in [0.4, 0.5) is 5.82 Å². The number of aromatic nitrogens is 2. The van der Waals surface area contributed by atoms with E-state index in [1.807, 2.05) is 38.1 Å². The molecule has 0 bridgehead atoms. The topological polar surface area (TPSA) is 87.4 Å². The second-order valence-electron chi connectivity index (χ2n) is 10.1. The SMILES string of the molecule is CCN(CCN(C)Cc1nc(N[C@H](C(N)=O)C(C)C)c2ccccc2n1)C1CCCC(C)C1. The Kier molecular flexibility index (Phi) is 9.03. The van der Waals surface area contributed by atoms with Crippen molar-refractivity contribution in [2.45, 2.75) is 72.0 Å². The lowest BCUT2D eigenvalue weighted by Crippen LogP contribution is -2.42. The maximum absolute atomic E-state index is 12.0. The summed E-state index contributed by atoms with van der Waals surface area (Å²) in [6, 6.07) is 8.14. The minimum absolute atomic E-state index is 0.0601. The average Bonchev–Trinajstić information content (AvgIpc) is 2.77. The number of hydrogen-bond donors (Lipinski definition) is 2. The van der Waals surface area contributed by atoms with E-state index >= 15 is 0 Å². The van der Waals surface area contributed by atoms with Crippen molar-refractivity contribution in [3.63, 3.8) is 0 Å². The number of fused-ring (bicyclic) bond motifs is 1. The summed E-state index contributed by atoms with van der Waals surface area (Å²) < 4.78 is 0. The summed E-state index contributed by atoms with van der Waals surface area (Å²) in [5.41, 5.74) is 6.51. The minimum atomic E-state index is -0.482. The van der Waals surface area contributed by atoms with E-state index in [1.54, 1.807) is 0 Å². The third-order valence-corrected chi connectivity index (χ3v) is 6.93. The quantitative estimate of drug-likeness (QED) is 0.536. The van der Waals surface area contributed by atoms with Gasteiger partial charge in [0.15, 0.2) is 0 Å². The van der Waals surface area contributed by atoms with Crippen LogP contribution >= 0.6 is 0 Å². The first-order chi connectivity index (χ1) is 15.8. The fourth-order valence-corrected chi connectivity index (χ4v) is 4.97. The van der Waals surface area contributed by atoms with Crippen molar-refractivity contribution in [3.05, 3.63) is 30.1 Å². The number of amides is 1. The molecule has 1 saturated carbocycles. The molecule has 7 heteroatoms. The van der Waals surface area contributed by atoms with Gasteiger partial charge in [0.25, 0.3) is 0 Å². The average molecular weight is 455 g/mol. The largest absolute Gasteiger partial charge is 0.368 e. The smallest absolute Gasteiger partial charge is 0.240 e. The van der Waals surface area contributed by atoms with Gasteiger partial charge in [0, 0.05) is 24.5 Å². The van der Waals surface area contributed by atoms with Gasteiger partial charge < -0.3 is 11.1 Å². The van der Waals surface area contributed by atoms with Gasteiger partial charge in [0.05, 0.1) is 12.1 Å². The number of nitrogens with two attached hydrogens (primary N) is 1. The Balaban J connectivity index is 1.70. The van der Waals surface area contributed by atoms with Crippen LogP contribution in [0.25, 0.3) is 10.9 Å². The molecule has 3 N–H and O–H groups in total. The molecule has 1 aliphatic rings. The predicted octanol–water partition coefficient (Wildman–Crippen LogP) is 3.88. The molecule has 1 amide bonds. The van der Waals surface area contributed by atoms with E-state index in [0.29, 0.717) is 18.4 Å². The van der Waals surface area contributed by atoms with Crippen molar-refractivity contribution in [3.8, 4) is 0 Å². The van der Waals surface area contributed by atoms with Gasteiger partial charge in [0.1, 0.15) is 17.7 Å². The standard InChI is InChI=1S/C26H42N6O/c1-6-32(20-11-9-10-19(4)16-20)15-14-31(5)17-23-28-22-13-8-7-12-21(22)26(29-23)30-24(18(2)3)25(27)33/h7-8,12-13,18-20,24H,6,9-11,14-17H2,1-5H3,(H2,27,33)(H,28,29,30)/t19?,20?,24-/m0/s1. The second-order valence-corrected chi connectivity index (χ2v) is 10.1. The summed E-state index contributed by atoms with van der Waals surface area (Å²) in [5, 5.41) is 4.19. The summed E-state index contributed by atoms with van der Waals surface area (Å²) in [6.07, 6.45) is 5.36. The number of rotatable bonds is 11. The molecular weight excluding hydrogens is 412 g/mol. The fourth-order valence-electron chi connectivity index (χ4n) is 4.97. The van der Waals surface area contributed by atoms with E-state index in [4.69, 9.17) is 15.7 Å². The van der Waals surface area contributed by atoms with Crippen LogP contribution in [0.15, 0.2) is 24.3 Å². The van der Waals surface area contributed by atoms with Crippen molar-refractivity contribution < 1.29 is 4.79 Å². The first-order valence-corrected chi connectivity index (χ1v) is 12.5. The van der Waals surface area contributed by atoms with Gasteiger partial charge in [-0.3, -0.25) is 14.6 Å². The highest BCUT2D eigenvalue weighted by Crippen LogP contribution is 2.27. The molecular formula is C26H42N6O. The van der Waals surface area contributed by atoms with Crippen LogP contribution in [0.3, 0.4) is 0 Å². The van der Waals surface area contributed by atoms with Crippen LogP contribution in [-0.4, -0.2) is 64.4 Å². The Morgan fingerprint density at radius 3 is 2.64 bits per heavy atom. The summed E-state index contributed by atoms with van der Waals surface area (Å²) in [7, 11) is 2.13. The van der Waals surface area contributed by atoms with Crippen LogP contribution in [0, 0.1) is 11.8 Å². The molecule has 33 heavy (non-hydrogen) atoms. The Hall–Kier alpha value is -2.25. The van der Waals surface area contributed by atoms with E-state index in [9.17, 15) is 4.79 Å². The van der Waals surface area contributed by atoms with E-state index in [2.05, 4.69) is 36.0 Å². The Labute approximate surface area is 199 Å². The first kappa shape index (κ1) is 25.4. The number of para-hydroxylation sites is 1. The maximum Gasteiger partial charge on any atom is 0.240 e. The molecule has 2 aromatic rings. The number of anilines is 1. The third-order valence-electron chi connectivity index (χ3n) is 6.93. The molecule has 0 aliphatic heterocycles. The maximum atomic E-state index is 12.0. The lowest BCUT2D eigenvalue weighted by molar-refractivity contribution is -0.119. The van der Waals surface area contributed by atoms with Crippen LogP contribution in [0.5, 0.6) is 0 Å². The lowest BCUT2D eigenvalue weighted by Gasteiger charge is -2.36. The highest BCUT2D eigenvalue weighted by atomic mass is 16.1. The molecule has 182 valence electrons. The number of carbonyl (C=O) groups excluding carboxylic acids is 1. The third kappa shape index (κ3) is 6.87.